The van der Waals surface area contributed by atoms with E-state index in [4.69, 9.17) is 0 Å². The van der Waals surface area contributed by atoms with Gasteiger partial charge in [-0.1, -0.05) is 20.8 Å². The molecule has 146 valence electrons. The smallest absolute Gasteiger partial charge is 0.0508 e. The number of piperazine rings is 1. The zero-order valence-corrected chi connectivity index (χ0v) is 17.7. The van der Waals surface area contributed by atoms with E-state index in [9.17, 15) is 0 Å². The SMILES string of the molecule is CC(C)(C)C1CCN(C2CN(CN3CCN(C(C)(C)C)CC3)C2)CC1. The van der Waals surface area contributed by atoms with Crippen LogP contribution in [0.3, 0.4) is 0 Å². The zero-order valence-electron chi connectivity index (χ0n) is 17.7. The summed E-state index contributed by atoms with van der Waals surface area (Å²) in [5.74, 6) is 0.916. The highest BCUT2D eigenvalue weighted by Crippen LogP contribution is 2.35. The van der Waals surface area contributed by atoms with Crippen LogP contribution in [0.2, 0.25) is 0 Å². The number of likely N-dealkylation sites (tertiary alicyclic amines) is 2. The van der Waals surface area contributed by atoms with E-state index in [0.29, 0.717) is 11.0 Å². The highest BCUT2D eigenvalue weighted by Gasteiger charge is 2.37. The molecule has 4 heteroatoms. The normalized spacial score (nSPS) is 27.6. The average molecular weight is 351 g/mol. The molecule has 0 aromatic rings. The van der Waals surface area contributed by atoms with E-state index in [1.54, 1.807) is 0 Å². The van der Waals surface area contributed by atoms with Crippen molar-refractivity contribution in [2.45, 2.75) is 66.0 Å². The zero-order chi connectivity index (χ0) is 18.2. The molecule has 3 rings (SSSR count). The molecule has 3 aliphatic heterocycles. The third kappa shape index (κ3) is 4.97. The van der Waals surface area contributed by atoms with Gasteiger partial charge < -0.3 is 0 Å². The average Bonchev–Trinajstić information content (AvgIpc) is 2.49. The van der Waals surface area contributed by atoms with Crippen molar-refractivity contribution < 1.29 is 0 Å². The third-order valence-corrected chi connectivity index (χ3v) is 6.93. The van der Waals surface area contributed by atoms with Gasteiger partial charge in [-0.25, -0.2) is 0 Å². The second-order valence-corrected chi connectivity index (χ2v) is 10.8. The van der Waals surface area contributed by atoms with Gasteiger partial charge in [0.25, 0.3) is 0 Å². The number of piperidine rings is 1. The summed E-state index contributed by atoms with van der Waals surface area (Å²) >= 11 is 0. The Kier molecular flexibility index (Phi) is 5.85. The summed E-state index contributed by atoms with van der Waals surface area (Å²) in [7, 11) is 0. The Morgan fingerprint density at radius 2 is 1.28 bits per heavy atom. The Balaban J connectivity index is 1.33. The lowest BCUT2D eigenvalue weighted by atomic mass is 9.75. The maximum Gasteiger partial charge on any atom is 0.0508 e. The summed E-state index contributed by atoms with van der Waals surface area (Å²) in [5.41, 5.74) is 0.819. The summed E-state index contributed by atoms with van der Waals surface area (Å²) in [5, 5.41) is 0. The molecule has 0 spiro atoms. The van der Waals surface area contributed by atoms with Crippen LogP contribution in [0.25, 0.3) is 0 Å². The van der Waals surface area contributed by atoms with Crippen molar-refractivity contribution in [2.24, 2.45) is 11.3 Å². The Labute approximate surface area is 156 Å². The molecule has 0 atom stereocenters. The topological polar surface area (TPSA) is 13.0 Å². The molecule has 0 aromatic heterocycles. The highest BCUT2D eigenvalue weighted by molar-refractivity contribution is 4.92. The Bertz CT molecular complexity index is 414. The first-order valence-electron chi connectivity index (χ1n) is 10.6. The van der Waals surface area contributed by atoms with E-state index in [2.05, 4.69) is 61.1 Å². The third-order valence-electron chi connectivity index (χ3n) is 6.93. The molecule has 3 aliphatic rings. The van der Waals surface area contributed by atoms with Crippen molar-refractivity contribution >= 4 is 0 Å². The summed E-state index contributed by atoms with van der Waals surface area (Å²) in [4.78, 5) is 10.7. The highest BCUT2D eigenvalue weighted by atomic mass is 15.4. The largest absolute Gasteiger partial charge is 0.298 e. The van der Waals surface area contributed by atoms with E-state index >= 15 is 0 Å². The monoisotopic (exact) mass is 350 g/mol. The molecular formula is C21H42N4. The molecule has 3 heterocycles. The van der Waals surface area contributed by atoms with Gasteiger partial charge in [-0.15, -0.1) is 0 Å². The van der Waals surface area contributed by atoms with Gasteiger partial charge in [0, 0.05) is 50.8 Å². The molecule has 0 unspecified atom stereocenters. The van der Waals surface area contributed by atoms with Gasteiger partial charge >= 0.3 is 0 Å². The number of hydrogen-bond acceptors (Lipinski definition) is 4. The maximum atomic E-state index is 2.77. The lowest BCUT2D eigenvalue weighted by molar-refractivity contribution is -0.0368. The van der Waals surface area contributed by atoms with Gasteiger partial charge in [0.15, 0.2) is 0 Å². The van der Waals surface area contributed by atoms with Gasteiger partial charge in [0.05, 0.1) is 6.67 Å². The molecule has 0 saturated carbocycles. The molecule has 0 aromatic carbocycles. The lowest BCUT2D eigenvalue weighted by Crippen LogP contribution is -2.64. The maximum absolute atomic E-state index is 2.77. The summed E-state index contributed by atoms with van der Waals surface area (Å²) in [6, 6.07) is 0.830. The van der Waals surface area contributed by atoms with Crippen molar-refractivity contribution in [3.8, 4) is 0 Å². The van der Waals surface area contributed by atoms with Crippen molar-refractivity contribution in [3.05, 3.63) is 0 Å². The molecule has 3 fully saturated rings. The van der Waals surface area contributed by atoms with Crippen LogP contribution in [0.5, 0.6) is 0 Å². The molecular weight excluding hydrogens is 308 g/mol. The standard InChI is InChI=1S/C21H42N4/c1-20(2,3)18-7-9-24(10-8-18)19-15-23(16-19)17-22-11-13-25(14-12-22)21(4,5)6/h18-19H,7-17H2,1-6H3. The molecule has 0 radical (unpaired) electrons. The second kappa shape index (κ2) is 7.46. The fraction of sp³-hybridized carbons (Fsp3) is 1.00. The molecule has 0 aliphatic carbocycles. The van der Waals surface area contributed by atoms with E-state index in [-0.39, 0.29) is 0 Å². The van der Waals surface area contributed by atoms with Gasteiger partial charge in [-0.2, -0.15) is 0 Å². The Morgan fingerprint density at radius 3 is 1.76 bits per heavy atom. The van der Waals surface area contributed by atoms with Crippen LogP contribution in [0, 0.1) is 11.3 Å². The summed E-state index contributed by atoms with van der Waals surface area (Å²) < 4.78 is 0. The molecule has 0 amide bonds. The van der Waals surface area contributed by atoms with E-state index in [1.807, 2.05) is 0 Å². The predicted molar refractivity (Wildman–Crippen MR) is 107 cm³/mol. The quantitative estimate of drug-likeness (QED) is 0.776. The Hall–Kier alpha value is -0.160. The first-order valence-corrected chi connectivity index (χ1v) is 10.6. The van der Waals surface area contributed by atoms with Crippen LogP contribution >= 0.6 is 0 Å². The minimum Gasteiger partial charge on any atom is -0.298 e. The molecule has 4 nitrogen and oxygen atoms in total. The van der Waals surface area contributed by atoms with Crippen LogP contribution in [0.1, 0.15) is 54.4 Å². The van der Waals surface area contributed by atoms with Gasteiger partial charge in [0.2, 0.25) is 0 Å². The summed E-state index contributed by atoms with van der Waals surface area (Å²) in [6.45, 7) is 25.6. The first-order chi connectivity index (χ1) is 11.6. The minimum atomic E-state index is 0.327. The van der Waals surface area contributed by atoms with Gasteiger partial charge in [0.1, 0.15) is 0 Å². The second-order valence-electron chi connectivity index (χ2n) is 10.8. The van der Waals surface area contributed by atoms with Crippen LogP contribution in [-0.2, 0) is 0 Å². The van der Waals surface area contributed by atoms with E-state index in [0.717, 1.165) is 12.0 Å². The van der Waals surface area contributed by atoms with Crippen molar-refractivity contribution in [3.63, 3.8) is 0 Å². The van der Waals surface area contributed by atoms with Crippen molar-refractivity contribution in [2.75, 3.05) is 59.0 Å². The Morgan fingerprint density at radius 1 is 0.720 bits per heavy atom. The van der Waals surface area contributed by atoms with Crippen LogP contribution in [0.4, 0.5) is 0 Å². The van der Waals surface area contributed by atoms with Crippen LogP contribution in [-0.4, -0.2) is 90.2 Å². The number of hydrogen-bond donors (Lipinski definition) is 0. The minimum absolute atomic E-state index is 0.327. The van der Waals surface area contributed by atoms with Crippen molar-refractivity contribution in [1.82, 2.24) is 19.6 Å². The fourth-order valence-corrected chi connectivity index (χ4v) is 4.86. The van der Waals surface area contributed by atoms with Crippen molar-refractivity contribution in [1.29, 1.82) is 0 Å². The molecule has 0 bridgehead atoms. The lowest BCUT2D eigenvalue weighted by Gasteiger charge is -2.51. The van der Waals surface area contributed by atoms with E-state index < -0.39 is 0 Å². The van der Waals surface area contributed by atoms with Crippen LogP contribution < -0.4 is 0 Å². The molecule has 3 saturated heterocycles. The van der Waals surface area contributed by atoms with Crippen LogP contribution in [0.15, 0.2) is 0 Å². The first kappa shape index (κ1) is 19.6. The molecule has 25 heavy (non-hydrogen) atoms. The predicted octanol–water partition coefficient (Wildman–Crippen LogP) is 2.80. The van der Waals surface area contributed by atoms with E-state index in [1.165, 1.54) is 71.9 Å². The molecule has 0 N–H and O–H groups in total. The van der Waals surface area contributed by atoms with Gasteiger partial charge in [-0.05, 0) is 58.0 Å². The van der Waals surface area contributed by atoms with Gasteiger partial charge in [-0.3, -0.25) is 19.6 Å². The number of rotatable bonds is 3. The number of nitrogens with zero attached hydrogens (tertiary/aromatic N) is 4. The fourth-order valence-electron chi connectivity index (χ4n) is 4.86. The summed E-state index contributed by atoms with van der Waals surface area (Å²) in [6.07, 6.45) is 2.80.